The molecule has 1 N–H and O–H groups in total. The number of ether oxygens (including phenoxy) is 1. The van der Waals surface area contributed by atoms with Crippen LogP contribution in [-0.4, -0.2) is 30.2 Å². The van der Waals surface area contributed by atoms with Gasteiger partial charge >= 0.3 is 0 Å². The molecule has 4 nitrogen and oxygen atoms in total. The van der Waals surface area contributed by atoms with Gasteiger partial charge in [-0.15, -0.1) is 0 Å². The molecule has 1 aliphatic heterocycles. The molecule has 1 amide bonds. The van der Waals surface area contributed by atoms with Crippen molar-refractivity contribution < 1.29 is 9.53 Å². The lowest BCUT2D eigenvalue weighted by Gasteiger charge is -2.33. The molecule has 4 rings (SSSR count). The summed E-state index contributed by atoms with van der Waals surface area (Å²) in [6.07, 6.45) is 5.99. The molecule has 1 aromatic carbocycles. The minimum absolute atomic E-state index is 0.0267. The predicted molar refractivity (Wildman–Crippen MR) is 100.0 cm³/mol. The summed E-state index contributed by atoms with van der Waals surface area (Å²) in [5.74, 6) is 1.58. The summed E-state index contributed by atoms with van der Waals surface area (Å²) in [5.41, 5.74) is 4.97. The Morgan fingerprint density at radius 1 is 1.24 bits per heavy atom. The van der Waals surface area contributed by atoms with E-state index in [1.807, 2.05) is 13.0 Å². The zero-order valence-electron chi connectivity index (χ0n) is 15.3. The lowest BCUT2D eigenvalue weighted by Crippen LogP contribution is -2.28. The van der Waals surface area contributed by atoms with Crippen LogP contribution in [-0.2, 0) is 24.6 Å². The molecule has 4 heteroatoms. The molecule has 1 atom stereocenters. The maximum Gasteiger partial charge on any atom is 0.251 e. The van der Waals surface area contributed by atoms with Gasteiger partial charge in [0.1, 0.15) is 0 Å². The van der Waals surface area contributed by atoms with Gasteiger partial charge < -0.3 is 14.6 Å². The number of amides is 1. The van der Waals surface area contributed by atoms with Crippen LogP contribution in [0.25, 0.3) is 10.9 Å². The first-order chi connectivity index (χ1) is 12.2. The van der Waals surface area contributed by atoms with Gasteiger partial charge in [-0.3, -0.25) is 4.79 Å². The number of aromatic nitrogens is 1. The third kappa shape index (κ3) is 2.97. The highest BCUT2D eigenvalue weighted by Crippen LogP contribution is 2.39. The molecule has 1 saturated heterocycles. The number of nitrogens with one attached hydrogen (secondary N) is 1. The number of benzene rings is 1. The van der Waals surface area contributed by atoms with E-state index in [-0.39, 0.29) is 5.91 Å². The van der Waals surface area contributed by atoms with E-state index in [1.54, 1.807) is 0 Å². The fourth-order valence-corrected chi connectivity index (χ4v) is 4.80. The Hall–Kier alpha value is -1.81. The Bertz CT molecular complexity index is 787. The lowest BCUT2D eigenvalue weighted by molar-refractivity contribution is 0.0439. The number of rotatable bonds is 3. The zero-order chi connectivity index (χ0) is 17.4. The maximum atomic E-state index is 12.2. The average molecular weight is 340 g/mol. The lowest BCUT2D eigenvalue weighted by atomic mass is 9.75. The van der Waals surface area contributed by atoms with Gasteiger partial charge in [0.15, 0.2) is 0 Å². The van der Waals surface area contributed by atoms with Crippen molar-refractivity contribution in [3.05, 3.63) is 35.0 Å². The molecule has 2 heterocycles. The standard InChI is InChI=1S/C21H28N2O2/c1-3-22-21(24)16-5-7-20-18(13-16)17-12-15(4-6-19(17)23(20)2)14-8-10-25-11-9-14/h5,7,13-15H,3-4,6,8-12H2,1-2H3,(H,22,24). The van der Waals surface area contributed by atoms with Crippen molar-refractivity contribution in [2.75, 3.05) is 19.8 Å². The Kier molecular flexibility index (Phi) is 4.55. The highest BCUT2D eigenvalue weighted by Gasteiger charge is 2.30. The summed E-state index contributed by atoms with van der Waals surface area (Å²) in [4.78, 5) is 12.2. The van der Waals surface area contributed by atoms with Crippen LogP contribution in [0, 0.1) is 11.8 Å². The number of nitrogens with zero attached hydrogens (tertiary/aromatic N) is 1. The van der Waals surface area contributed by atoms with E-state index in [9.17, 15) is 4.79 Å². The van der Waals surface area contributed by atoms with Crippen molar-refractivity contribution in [1.82, 2.24) is 9.88 Å². The smallest absolute Gasteiger partial charge is 0.251 e. The Balaban J connectivity index is 1.69. The first-order valence-corrected chi connectivity index (χ1v) is 9.65. The van der Waals surface area contributed by atoms with E-state index >= 15 is 0 Å². The minimum atomic E-state index is 0.0267. The van der Waals surface area contributed by atoms with Gasteiger partial charge in [-0.05, 0) is 74.6 Å². The molecule has 0 spiro atoms. The number of carbonyl (C=O) groups excluding carboxylic acids is 1. The van der Waals surface area contributed by atoms with Crippen molar-refractivity contribution in [3.8, 4) is 0 Å². The topological polar surface area (TPSA) is 43.3 Å². The summed E-state index contributed by atoms with van der Waals surface area (Å²) in [6, 6.07) is 6.17. The molecule has 0 radical (unpaired) electrons. The molecule has 2 aliphatic rings. The predicted octanol–water partition coefficient (Wildman–Crippen LogP) is 3.46. The zero-order valence-corrected chi connectivity index (χ0v) is 15.3. The summed E-state index contributed by atoms with van der Waals surface area (Å²) in [5, 5.41) is 4.19. The van der Waals surface area contributed by atoms with Crippen molar-refractivity contribution in [1.29, 1.82) is 0 Å². The molecule has 2 aromatic rings. The van der Waals surface area contributed by atoms with Crippen LogP contribution in [0.4, 0.5) is 0 Å². The van der Waals surface area contributed by atoms with Gasteiger partial charge in [0, 0.05) is 49.0 Å². The van der Waals surface area contributed by atoms with E-state index in [1.165, 1.54) is 41.4 Å². The first-order valence-electron chi connectivity index (χ1n) is 9.65. The molecule has 25 heavy (non-hydrogen) atoms. The van der Waals surface area contributed by atoms with Crippen LogP contribution >= 0.6 is 0 Å². The molecule has 1 aromatic heterocycles. The van der Waals surface area contributed by atoms with Gasteiger partial charge in [0.05, 0.1) is 0 Å². The van der Waals surface area contributed by atoms with Crippen LogP contribution in [0.15, 0.2) is 18.2 Å². The van der Waals surface area contributed by atoms with Gasteiger partial charge in [-0.1, -0.05) is 0 Å². The van der Waals surface area contributed by atoms with E-state index in [0.29, 0.717) is 6.54 Å². The van der Waals surface area contributed by atoms with Crippen LogP contribution in [0.1, 0.15) is 47.8 Å². The Morgan fingerprint density at radius 3 is 2.80 bits per heavy atom. The fourth-order valence-electron chi connectivity index (χ4n) is 4.80. The number of hydrogen-bond acceptors (Lipinski definition) is 2. The average Bonchev–Trinajstić information content (AvgIpc) is 2.94. The SMILES string of the molecule is CCNC(=O)c1ccc2c(c1)c1c(n2C)CCC(C2CCOCC2)C1. The van der Waals surface area contributed by atoms with Gasteiger partial charge in [-0.2, -0.15) is 0 Å². The van der Waals surface area contributed by atoms with Gasteiger partial charge in [0.2, 0.25) is 0 Å². The fraction of sp³-hybridized carbons (Fsp3) is 0.571. The van der Waals surface area contributed by atoms with Crippen molar-refractivity contribution >= 4 is 16.8 Å². The second-order valence-corrected chi connectivity index (χ2v) is 7.53. The molecule has 1 unspecified atom stereocenters. The van der Waals surface area contributed by atoms with Crippen LogP contribution < -0.4 is 5.32 Å². The van der Waals surface area contributed by atoms with Crippen LogP contribution in [0.3, 0.4) is 0 Å². The summed E-state index contributed by atoms with van der Waals surface area (Å²) in [6.45, 7) is 4.46. The quantitative estimate of drug-likeness (QED) is 0.930. The third-order valence-corrected chi connectivity index (χ3v) is 6.19. The summed E-state index contributed by atoms with van der Waals surface area (Å²) >= 11 is 0. The third-order valence-electron chi connectivity index (χ3n) is 6.19. The van der Waals surface area contributed by atoms with E-state index in [0.717, 1.165) is 43.5 Å². The monoisotopic (exact) mass is 340 g/mol. The molecular formula is C21H28N2O2. The number of carbonyl (C=O) groups is 1. The Labute approximate surface area is 149 Å². The molecule has 0 bridgehead atoms. The Morgan fingerprint density at radius 2 is 2.04 bits per heavy atom. The summed E-state index contributed by atoms with van der Waals surface area (Å²) < 4.78 is 7.89. The maximum absolute atomic E-state index is 12.2. The van der Waals surface area contributed by atoms with Gasteiger partial charge in [0.25, 0.3) is 5.91 Å². The van der Waals surface area contributed by atoms with Gasteiger partial charge in [-0.25, -0.2) is 0 Å². The molecule has 1 fully saturated rings. The highest BCUT2D eigenvalue weighted by molar-refractivity contribution is 5.99. The minimum Gasteiger partial charge on any atom is -0.381 e. The van der Waals surface area contributed by atoms with Crippen molar-refractivity contribution in [3.63, 3.8) is 0 Å². The normalized spacial score (nSPS) is 21.3. The van der Waals surface area contributed by atoms with Crippen LogP contribution in [0.5, 0.6) is 0 Å². The molecule has 134 valence electrons. The van der Waals surface area contributed by atoms with Crippen LogP contribution in [0.2, 0.25) is 0 Å². The highest BCUT2D eigenvalue weighted by atomic mass is 16.5. The molecule has 1 aliphatic carbocycles. The molecule has 0 saturated carbocycles. The number of aryl methyl sites for hydroxylation is 1. The van der Waals surface area contributed by atoms with E-state index < -0.39 is 0 Å². The molecular weight excluding hydrogens is 312 g/mol. The second-order valence-electron chi connectivity index (χ2n) is 7.53. The van der Waals surface area contributed by atoms with Crippen molar-refractivity contribution in [2.45, 2.75) is 39.0 Å². The van der Waals surface area contributed by atoms with E-state index in [4.69, 9.17) is 4.74 Å². The summed E-state index contributed by atoms with van der Waals surface area (Å²) in [7, 11) is 2.17. The number of fused-ring (bicyclic) bond motifs is 3. The van der Waals surface area contributed by atoms with Crippen molar-refractivity contribution in [2.24, 2.45) is 18.9 Å². The van der Waals surface area contributed by atoms with E-state index in [2.05, 4.69) is 29.1 Å². The second kappa shape index (κ2) is 6.83. The largest absolute Gasteiger partial charge is 0.381 e. The number of hydrogen-bond donors (Lipinski definition) is 1. The first kappa shape index (κ1) is 16.6.